The van der Waals surface area contributed by atoms with Gasteiger partial charge in [0.2, 0.25) is 0 Å². The molecule has 3 atom stereocenters. The monoisotopic (exact) mass is 363 g/mol. The Balaban J connectivity index is 1.83. The predicted molar refractivity (Wildman–Crippen MR) is 103 cm³/mol. The van der Waals surface area contributed by atoms with Crippen molar-refractivity contribution in [2.45, 2.75) is 51.7 Å². The van der Waals surface area contributed by atoms with Gasteiger partial charge in [-0.1, -0.05) is 43.7 Å². The van der Waals surface area contributed by atoms with E-state index in [9.17, 15) is 9.59 Å². The SMILES string of the molecule is CSCC[C@H](NC(=O)OCc1ccccc1)C(=O)CC1CCC(C)C1. The Morgan fingerprint density at radius 2 is 2.04 bits per heavy atom. The Bertz CT molecular complexity index is 549. The zero-order valence-electron chi connectivity index (χ0n) is 15.2. The topological polar surface area (TPSA) is 55.4 Å². The Kier molecular flexibility index (Phi) is 8.32. The highest BCUT2D eigenvalue weighted by Crippen LogP contribution is 2.33. The van der Waals surface area contributed by atoms with Gasteiger partial charge in [0.25, 0.3) is 0 Å². The fourth-order valence-electron chi connectivity index (χ4n) is 3.39. The average molecular weight is 364 g/mol. The Hall–Kier alpha value is -1.49. The number of thioether (sulfide) groups is 1. The lowest BCUT2D eigenvalue weighted by Gasteiger charge is -2.19. The van der Waals surface area contributed by atoms with Gasteiger partial charge in [-0.2, -0.15) is 11.8 Å². The molecule has 5 heteroatoms. The molecule has 0 bridgehead atoms. The number of Topliss-reactive ketones (excluding diaryl/α,β-unsaturated/α-hetero) is 1. The van der Waals surface area contributed by atoms with Crippen molar-refractivity contribution in [1.82, 2.24) is 5.32 Å². The summed E-state index contributed by atoms with van der Waals surface area (Å²) in [5.74, 6) is 2.17. The largest absolute Gasteiger partial charge is 0.445 e. The molecule has 2 unspecified atom stereocenters. The maximum atomic E-state index is 12.6. The standard InChI is InChI=1S/C20H29NO3S/c1-15-8-9-17(12-15)13-19(22)18(10-11-25-2)21-20(23)24-14-16-6-4-3-5-7-16/h3-7,15,17-18H,8-14H2,1-2H3,(H,21,23)/t15?,17?,18-/m0/s1. The zero-order chi connectivity index (χ0) is 18.1. The second-order valence-corrected chi connectivity index (χ2v) is 7.98. The molecule has 1 aromatic rings. The van der Waals surface area contributed by atoms with Gasteiger partial charge in [-0.3, -0.25) is 4.79 Å². The number of ether oxygens (including phenoxy) is 1. The summed E-state index contributed by atoms with van der Waals surface area (Å²) in [6.07, 6.45) is 6.18. The second kappa shape index (κ2) is 10.5. The summed E-state index contributed by atoms with van der Waals surface area (Å²) < 4.78 is 5.27. The van der Waals surface area contributed by atoms with E-state index in [0.717, 1.165) is 24.2 Å². The molecule has 1 fully saturated rings. The molecule has 1 aliphatic rings. The minimum atomic E-state index is -0.511. The molecule has 138 valence electrons. The number of amides is 1. The van der Waals surface area contributed by atoms with Gasteiger partial charge in [-0.15, -0.1) is 0 Å². The van der Waals surface area contributed by atoms with E-state index in [0.29, 0.717) is 24.7 Å². The van der Waals surface area contributed by atoms with Crippen LogP contribution in [0.15, 0.2) is 30.3 Å². The van der Waals surface area contributed by atoms with Crippen molar-refractivity contribution in [2.24, 2.45) is 11.8 Å². The number of hydrogen-bond acceptors (Lipinski definition) is 4. The summed E-state index contributed by atoms with van der Waals surface area (Å²) in [6.45, 7) is 2.46. The minimum absolute atomic E-state index is 0.143. The predicted octanol–water partition coefficient (Wildman–Crippen LogP) is 4.43. The van der Waals surface area contributed by atoms with Crippen LogP contribution in [-0.4, -0.2) is 29.9 Å². The van der Waals surface area contributed by atoms with Crippen molar-refractivity contribution in [2.75, 3.05) is 12.0 Å². The average Bonchev–Trinajstić information content (AvgIpc) is 3.02. The van der Waals surface area contributed by atoms with E-state index in [-0.39, 0.29) is 12.4 Å². The fraction of sp³-hybridized carbons (Fsp3) is 0.600. The van der Waals surface area contributed by atoms with Crippen LogP contribution >= 0.6 is 11.8 Å². The number of alkyl carbamates (subject to hydrolysis) is 1. The second-order valence-electron chi connectivity index (χ2n) is 6.99. The number of hydrogen-bond donors (Lipinski definition) is 1. The first kappa shape index (κ1) is 19.8. The van der Waals surface area contributed by atoms with Gasteiger partial charge >= 0.3 is 6.09 Å². The fourth-order valence-corrected chi connectivity index (χ4v) is 3.86. The van der Waals surface area contributed by atoms with E-state index in [1.54, 1.807) is 11.8 Å². The molecular weight excluding hydrogens is 334 g/mol. The van der Waals surface area contributed by atoms with Crippen molar-refractivity contribution < 1.29 is 14.3 Å². The van der Waals surface area contributed by atoms with E-state index in [1.807, 2.05) is 36.6 Å². The third kappa shape index (κ3) is 7.10. The molecule has 25 heavy (non-hydrogen) atoms. The Morgan fingerprint density at radius 3 is 2.68 bits per heavy atom. The van der Waals surface area contributed by atoms with Crippen LogP contribution in [0.4, 0.5) is 4.79 Å². The quantitative estimate of drug-likeness (QED) is 0.705. The summed E-state index contributed by atoms with van der Waals surface area (Å²) in [5.41, 5.74) is 0.935. The lowest BCUT2D eigenvalue weighted by atomic mass is 9.95. The van der Waals surface area contributed by atoms with Gasteiger partial charge in [0, 0.05) is 6.42 Å². The highest BCUT2D eigenvalue weighted by atomic mass is 32.2. The van der Waals surface area contributed by atoms with Crippen LogP contribution in [-0.2, 0) is 16.1 Å². The van der Waals surface area contributed by atoms with Crippen LogP contribution in [0.25, 0.3) is 0 Å². The zero-order valence-corrected chi connectivity index (χ0v) is 16.0. The summed E-state index contributed by atoms with van der Waals surface area (Å²) in [7, 11) is 0. The van der Waals surface area contributed by atoms with Crippen molar-refractivity contribution in [3.63, 3.8) is 0 Å². The van der Waals surface area contributed by atoms with Crippen molar-refractivity contribution in [3.8, 4) is 0 Å². The summed E-state index contributed by atoms with van der Waals surface area (Å²) in [5, 5.41) is 2.78. The maximum Gasteiger partial charge on any atom is 0.408 e. The molecule has 0 heterocycles. The molecule has 4 nitrogen and oxygen atoms in total. The molecule has 1 N–H and O–H groups in total. The first-order chi connectivity index (χ1) is 12.1. The van der Waals surface area contributed by atoms with Gasteiger partial charge in [0.15, 0.2) is 5.78 Å². The molecule has 0 spiro atoms. The lowest BCUT2D eigenvalue weighted by molar-refractivity contribution is -0.121. The van der Waals surface area contributed by atoms with Crippen molar-refractivity contribution in [1.29, 1.82) is 0 Å². The lowest BCUT2D eigenvalue weighted by Crippen LogP contribution is -2.42. The van der Waals surface area contributed by atoms with E-state index in [2.05, 4.69) is 12.2 Å². The van der Waals surface area contributed by atoms with E-state index in [1.165, 1.54) is 6.42 Å². The van der Waals surface area contributed by atoms with Crippen LogP contribution < -0.4 is 5.32 Å². The number of benzene rings is 1. The molecular formula is C20H29NO3S. The number of nitrogens with one attached hydrogen (secondary N) is 1. The van der Waals surface area contributed by atoms with Crippen LogP contribution in [0.2, 0.25) is 0 Å². The van der Waals surface area contributed by atoms with Crippen molar-refractivity contribution in [3.05, 3.63) is 35.9 Å². The van der Waals surface area contributed by atoms with E-state index < -0.39 is 12.1 Å². The smallest absolute Gasteiger partial charge is 0.408 e. The molecule has 0 radical (unpaired) electrons. The van der Waals surface area contributed by atoms with E-state index in [4.69, 9.17) is 4.74 Å². The highest BCUT2D eigenvalue weighted by Gasteiger charge is 2.28. The molecule has 0 aromatic heterocycles. The van der Waals surface area contributed by atoms with E-state index >= 15 is 0 Å². The first-order valence-corrected chi connectivity index (χ1v) is 10.5. The molecule has 1 aliphatic carbocycles. The molecule has 2 rings (SSSR count). The van der Waals surface area contributed by atoms with Crippen LogP contribution in [0.5, 0.6) is 0 Å². The third-order valence-electron chi connectivity index (χ3n) is 4.80. The molecule has 1 aromatic carbocycles. The highest BCUT2D eigenvalue weighted by molar-refractivity contribution is 7.98. The Morgan fingerprint density at radius 1 is 1.28 bits per heavy atom. The van der Waals surface area contributed by atoms with Gasteiger partial charge in [0.1, 0.15) is 6.61 Å². The normalized spacial score (nSPS) is 20.9. The van der Waals surface area contributed by atoms with Crippen LogP contribution in [0.3, 0.4) is 0 Å². The van der Waals surface area contributed by atoms with Crippen LogP contribution in [0, 0.1) is 11.8 Å². The summed E-state index contributed by atoms with van der Waals surface area (Å²) >= 11 is 1.68. The summed E-state index contributed by atoms with van der Waals surface area (Å²) in [4.78, 5) is 24.7. The van der Waals surface area contributed by atoms with Gasteiger partial charge < -0.3 is 10.1 Å². The minimum Gasteiger partial charge on any atom is -0.445 e. The number of carbonyl (C=O) groups is 2. The summed E-state index contributed by atoms with van der Waals surface area (Å²) in [6, 6.07) is 9.11. The molecule has 0 saturated heterocycles. The van der Waals surface area contributed by atoms with Gasteiger partial charge in [-0.05, 0) is 48.7 Å². The van der Waals surface area contributed by atoms with Gasteiger partial charge in [0.05, 0.1) is 6.04 Å². The number of rotatable bonds is 9. The third-order valence-corrected chi connectivity index (χ3v) is 5.44. The first-order valence-electron chi connectivity index (χ1n) is 9.07. The Labute approximate surface area is 155 Å². The molecule has 0 aliphatic heterocycles. The van der Waals surface area contributed by atoms with Crippen LogP contribution in [0.1, 0.15) is 44.6 Å². The maximum absolute atomic E-state index is 12.6. The van der Waals surface area contributed by atoms with Crippen molar-refractivity contribution >= 4 is 23.6 Å². The number of ketones is 1. The number of carbonyl (C=O) groups excluding carboxylic acids is 2. The van der Waals surface area contributed by atoms with Gasteiger partial charge in [-0.25, -0.2) is 4.79 Å². The molecule has 1 amide bonds. The molecule has 1 saturated carbocycles.